The summed E-state index contributed by atoms with van der Waals surface area (Å²) < 4.78 is 0. The fourth-order valence-electron chi connectivity index (χ4n) is 1.48. The highest BCUT2D eigenvalue weighted by atomic mass is 16.3. The van der Waals surface area contributed by atoms with Crippen LogP contribution in [0.4, 0.5) is 4.79 Å². The van der Waals surface area contributed by atoms with E-state index in [0.717, 1.165) is 0 Å². The van der Waals surface area contributed by atoms with E-state index in [1.807, 2.05) is 6.92 Å². The Balaban J connectivity index is 2.45. The van der Waals surface area contributed by atoms with Gasteiger partial charge in [0.25, 0.3) is 0 Å². The lowest BCUT2D eigenvalue weighted by Crippen LogP contribution is -2.48. The van der Waals surface area contributed by atoms with E-state index in [0.29, 0.717) is 19.5 Å². The fraction of sp³-hybridized carbons (Fsp3) is 0.875. The second kappa shape index (κ2) is 3.76. The number of aliphatic hydroxyl groups excluding tert-OH is 1. The first-order valence-electron chi connectivity index (χ1n) is 4.30. The van der Waals surface area contributed by atoms with Gasteiger partial charge >= 0.3 is 6.03 Å². The second-order valence-corrected chi connectivity index (χ2v) is 3.33. The minimum Gasteiger partial charge on any atom is -0.393 e. The van der Waals surface area contributed by atoms with Crippen molar-refractivity contribution < 1.29 is 9.90 Å². The van der Waals surface area contributed by atoms with Crippen molar-refractivity contribution in [3.63, 3.8) is 0 Å². The van der Waals surface area contributed by atoms with Gasteiger partial charge in [-0.25, -0.2) is 4.79 Å². The SMILES string of the molecule is CNC(=O)N1CCC(O)C(C)C1. The molecule has 2 amide bonds. The lowest BCUT2D eigenvalue weighted by molar-refractivity contribution is 0.0484. The van der Waals surface area contributed by atoms with Crippen LogP contribution in [0, 0.1) is 5.92 Å². The second-order valence-electron chi connectivity index (χ2n) is 3.33. The molecule has 1 fully saturated rings. The smallest absolute Gasteiger partial charge is 0.317 e. The van der Waals surface area contributed by atoms with E-state index in [4.69, 9.17) is 0 Å². The number of hydrogen-bond donors (Lipinski definition) is 2. The molecule has 0 aliphatic carbocycles. The van der Waals surface area contributed by atoms with Gasteiger partial charge in [0.1, 0.15) is 0 Å². The molecule has 1 aliphatic rings. The molecule has 4 heteroatoms. The van der Waals surface area contributed by atoms with Crippen molar-refractivity contribution in [2.75, 3.05) is 20.1 Å². The van der Waals surface area contributed by atoms with E-state index in [1.54, 1.807) is 11.9 Å². The molecule has 0 bridgehead atoms. The molecule has 1 rings (SSSR count). The van der Waals surface area contributed by atoms with Crippen LogP contribution in [0.1, 0.15) is 13.3 Å². The number of rotatable bonds is 0. The minimum atomic E-state index is -0.245. The monoisotopic (exact) mass is 172 g/mol. The van der Waals surface area contributed by atoms with Gasteiger partial charge in [0.05, 0.1) is 6.10 Å². The Labute approximate surface area is 72.6 Å². The van der Waals surface area contributed by atoms with Gasteiger partial charge in [0, 0.05) is 20.1 Å². The Morgan fingerprint density at radius 1 is 1.67 bits per heavy atom. The molecule has 1 aliphatic heterocycles. The van der Waals surface area contributed by atoms with Crippen LogP contribution < -0.4 is 5.32 Å². The minimum absolute atomic E-state index is 0.0475. The van der Waals surface area contributed by atoms with Crippen molar-refractivity contribution in [2.24, 2.45) is 5.92 Å². The summed E-state index contributed by atoms with van der Waals surface area (Å²) >= 11 is 0. The van der Waals surface area contributed by atoms with E-state index in [-0.39, 0.29) is 18.1 Å². The predicted molar refractivity (Wildman–Crippen MR) is 45.8 cm³/mol. The maximum absolute atomic E-state index is 11.2. The zero-order chi connectivity index (χ0) is 9.14. The summed E-state index contributed by atoms with van der Waals surface area (Å²) in [5.74, 6) is 0.191. The van der Waals surface area contributed by atoms with Gasteiger partial charge in [-0.1, -0.05) is 6.92 Å². The largest absolute Gasteiger partial charge is 0.393 e. The predicted octanol–water partition coefficient (Wildman–Crippen LogP) is 0.0285. The molecule has 2 atom stereocenters. The van der Waals surface area contributed by atoms with Crippen LogP contribution in [0.15, 0.2) is 0 Å². The number of nitrogens with zero attached hydrogens (tertiary/aromatic N) is 1. The summed E-state index contributed by atoms with van der Waals surface area (Å²) in [7, 11) is 1.62. The van der Waals surface area contributed by atoms with Crippen LogP contribution in [-0.4, -0.2) is 42.3 Å². The highest BCUT2D eigenvalue weighted by molar-refractivity contribution is 5.73. The third kappa shape index (κ3) is 1.88. The van der Waals surface area contributed by atoms with Crippen LogP contribution in [-0.2, 0) is 0 Å². The fourth-order valence-corrected chi connectivity index (χ4v) is 1.48. The Kier molecular flexibility index (Phi) is 2.92. The summed E-state index contributed by atoms with van der Waals surface area (Å²) in [6.45, 7) is 3.27. The number of nitrogens with one attached hydrogen (secondary N) is 1. The first-order valence-corrected chi connectivity index (χ1v) is 4.30. The lowest BCUT2D eigenvalue weighted by Gasteiger charge is -2.33. The molecule has 0 aromatic heterocycles. The van der Waals surface area contributed by atoms with Crippen LogP contribution in [0.3, 0.4) is 0 Å². The molecular formula is C8H16N2O2. The molecule has 0 radical (unpaired) electrons. The van der Waals surface area contributed by atoms with E-state index in [9.17, 15) is 9.90 Å². The van der Waals surface area contributed by atoms with Crippen molar-refractivity contribution in [1.29, 1.82) is 0 Å². The summed E-state index contributed by atoms with van der Waals surface area (Å²) in [6.07, 6.45) is 0.445. The average molecular weight is 172 g/mol. The molecule has 70 valence electrons. The van der Waals surface area contributed by atoms with Crippen molar-refractivity contribution in [1.82, 2.24) is 10.2 Å². The summed E-state index contributed by atoms with van der Waals surface area (Å²) in [6, 6.07) is -0.0475. The first-order chi connectivity index (χ1) is 5.65. The molecule has 4 nitrogen and oxygen atoms in total. The summed E-state index contributed by atoms with van der Waals surface area (Å²) in [4.78, 5) is 12.9. The van der Waals surface area contributed by atoms with E-state index in [2.05, 4.69) is 5.32 Å². The number of piperidine rings is 1. The highest BCUT2D eigenvalue weighted by Gasteiger charge is 2.26. The van der Waals surface area contributed by atoms with Crippen molar-refractivity contribution >= 4 is 6.03 Å². The Bertz CT molecular complexity index is 172. The summed E-state index contributed by atoms with van der Waals surface area (Å²) in [5.41, 5.74) is 0. The van der Waals surface area contributed by atoms with Gasteiger partial charge in [-0.3, -0.25) is 0 Å². The number of amides is 2. The van der Waals surface area contributed by atoms with E-state index < -0.39 is 0 Å². The number of aliphatic hydroxyl groups is 1. The molecule has 0 saturated carbocycles. The third-order valence-electron chi connectivity index (χ3n) is 2.36. The first kappa shape index (κ1) is 9.32. The number of carbonyl (C=O) groups is 1. The zero-order valence-corrected chi connectivity index (χ0v) is 7.58. The van der Waals surface area contributed by atoms with Gasteiger partial charge in [0.2, 0.25) is 0 Å². The van der Waals surface area contributed by atoms with E-state index >= 15 is 0 Å². The molecule has 2 N–H and O–H groups in total. The molecule has 0 aromatic carbocycles. The van der Waals surface area contributed by atoms with Gasteiger partial charge in [-0.2, -0.15) is 0 Å². The standard InChI is InChI=1S/C8H16N2O2/c1-6-5-10(8(12)9-2)4-3-7(6)11/h6-7,11H,3-5H2,1-2H3,(H,9,12). The molecule has 2 unspecified atom stereocenters. The third-order valence-corrected chi connectivity index (χ3v) is 2.36. The molecule has 0 spiro atoms. The number of likely N-dealkylation sites (tertiary alicyclic amines) is 1. The van der Waals surface area contributed by atoms with Crippen molar-refractivity contribution in [3.8, 4) is 0 Å². The Hall–Kier alpha value is -0.770. The van der Waals surface area contributed by atoms with Crippen molar-refractivity contribution in [2.45, 2.75) is 19.4 Å². The molecule has 1 saturated heterocycles. The van der Waals surface area contributed by atoms with Crippen LogP contribution in [0.5, 0.6) is 0 Å². The topological polar surface area (TPSA) is 52.6 Å². The molecule has 1 heterocycles. The lowest BCUT2D eigenvalue weighted by atomic mass is 9.97. The molecule has 0 aromatic rings. The maximum Gasteiger partial charge on any atom is 0.317 e. The number of carbonyl (C=O) groups excluding carboxylic acids is 1. The van der Waals surface area contributed by atoms with Gasteiger partial charge < -0.3 is 15.3 Å². The van der Waals surface area contributed by atoms with Gasteiger partial charge in [0.15, 0.2) is 0 Å². The molecular weight excluding hydrogens is 156 g/mol. The van der Waals surface area contributed by atoms with E-state index in [1.165, 1.54) is 0 Å². The number of hydrogen-bond acceptors (Lipinski definition) is 2. The van der Waals surface area contributed by atoms with Crippen molar-refractivity contribution in [3.05, 3.63) is 0 Å². The van der Waals surface area contributed by atoms with Gasteiger partial charge in [-0.15, -0.1) is 0 Å². The van der Waals surface area contributed by atoms with Crippen LogP contribution >= 0.6 is 0 Å². The van der Waals surface area contributed by atoms with Crippen LogP contribution in [0.2, 0.25) is 0 Å². The average Bonchev–Trinajstić information content (AvgIpc) is 2.08. The van der Waals surface area contributed by atoms with Crippen LogP contribution in [0.25, 0.3) is 0 Å². The zero-order valence-electron chi connectivity index (χ0n) is 7.58. The highest BCUT2D eigenvalue weighted by Crippen LogP contribution is 2.15. The number of urea groups is 1. The Morgan fingerprint density at radius 3 is 2.83 bits per heavy atom. The maximum atomic E-state index is 11.2. The normalized spacial score (nSPS) is 30.1. The Morgan fingerprint density at radius 2 is 2.33 bits per heavy atom. The quantitative estimate of drug-likeness (QED) is 0.541. The molecule has 12 heavy (non-hydrogen) atoms. The summed E-state index contributed by atoms with van der Waals surface area (Å²) in [5, 5.41) is 12.0. The van der Waals surface area contributed by atoms with Gasteiger partial charge in [-0.05, 0) is 12.3 Å².